The van der Waals surface area contributed by atoms with E-state index in [0.29, 0.717) is 18.5 Å². The van der Waals surface area contributed by atoms with E-state index in [1.165, 1.54) is 11.6 Å². The van der Waals surface area contributed by atoms with Gasteiger partial charge in [0, 0.05) is 10.9 Å². The molecule has 0 bridgehead atoms. The fraction of sp³-hybridized carbons (Fsp3) is 0.200. The van der Waals surface area contributed by atoms with Crippen LogP contribution >= 0.6 is 15.9 Å². The molecule has 0 saturated heterocycles. The highest BCUT2D eigenvalue weighted by molar-refractivity contribution is 9.10. The van der Waals surface area contributed by atoms with Crippen LogP contribution in [0.15, 0.2) is 46.9 Å². The molecule has 2 aromatic rings. The Labute approximate surface area is 115 Å². The van der Waals surface area contributed by atoms with Crippen LogP contribution in [0.1, 0.15) is 16.7 Å². The molecule has 0 unspecified atom stereocenters. The molecule has 94 valence electrons. The second kappa shape index (κ2) is 6.12. The third kappa shape index (κ3) is 3.40. The van der Waals surface area contributed by atoms with Crippen LogP contribution < -0.4 is 5.73 Å². The van der Waals surface area contributed by atoms with Crippen LogP contribution in [0.4, 0.5) is 4.39 Å². The van der Waals surface area contributed by atoms with Crippen molar-refractivity contribution in [2.24, 2.45) is 5.73 Å². The zero-order valence-electron chi connectivity index (χ0n) is 10.00. The summed E-state index contributed by atoms with van der Waals surface area (Å²) in [5.41, 5.74) is 8.55. The van der Waals surface area contributed by atoms with E-state index >= 15 is 0 Å². The van der Waals surface area contributed by atoms with Gasteiger partial charge in [-0.15, -0.1) is 0 Å². The number of rotatable bonds is 4. The van der Waals surface area contributed by atoms with Crippen LogP contribution in [0.5, 0.6) is 0 Å². The Kier molecular flexibility index (Phi) is 4.50. The van der Waals surface area contributed by atoms with Crippen LogP contribution in [0.3, 0.4) is 0 Å². The van der Waals surface area contributed by atoms with E-state index < -0.39 is 0 Å². The molecular weight excluding hydrogens is 293 g/mol. The van der Waals surface area contributed by atoms with Crippen molar-refractivity contribution in [3.63, 3.8) is 0 Å². The topological polar surface area (TPSA) is 26.0 Å². The molecule has 0 aliphatic rings. The number of benzene rings is 2. The standard InChI is InChI=1S/C15H15BrFN/c16-14-4-5-15(17)13(10-14)9-12-3-1-2-11(8-12)6-7-18/h1-5,8,10H,6-7,9,18H2. The van der Waals surface area contributed by atoms with Crippen molar-refractivity contribution in [3.8, 4) is 0 Å². The van der Waals surface area contributed by atoms with E-state index in [2.05, 4.69) is 22.0 Å². The molecule has 0 aliphatic carbocycles. The molecular formula is C15H15BrFN. The van der Waals surface area contributed by atoms with Gasteiger partial charge in [-0.25, -0.2) is 4.39 Å². The summed E-state index contributed by atoms with van der Waals surface area (Å²) < 4.78 is 14.6. The molecule has 0 heterocycles. The number of hydrogen-bond donors (Lipinski definition) is 1. The first kappa shape index (κ1) is 13.2. The molecule has 0 atom stereocenters. The Bertz CT molecular complexity index is 540. The largest absolute Gasteiger partial charge is 0.330 e. The van der Waals surface area contributed by atoms with E-state index in [-0.39, 0.29) is 5.82 Å². The molecule has 3 heteroatoms. The van der Waals surface area contributed by atoms with Crippen molar-refractivity contribution in [1.29, 1.82) is 0 Å². The summed E-state index contributed by atoms with van der Waals surface area (Å²) in [5, 5.41) is 0. The average Bonchev–Trinajstić information content (AvgIpc) is 2.35. The summed E-state index contributed by atoms with van der Waals surface area (Å²) >= 11 is 3.37. The summed E-state index contributed by atoms with van der Waals surface area (Å²) in [4.78, 5) is 0. The molecule has 2 N–H and O–H groups in total. The molecule has 1 nitrogen and oxygen atoms in total. The number of halogens is 2. The van der Waals surface area contributed by atoms with Gasteiger partial charge in [0.15, 0.2) is 0 Å². The van der Waals surface area contributed by atoms with Crippen molar-refractivity contribution in [1.82, 2.24) is 0 Å². The highest BCUT2D eigenvalue weighted by Crippen LogP contribution is 2.19. The minimum atomic E-state index is -0.164. The van der Waals surface area contributed by atoms with E-state index in [9.17, 15) is 4.39 Å². The van der Waals surface area contributed by atoms with Crippen molar-refractivity contribution < 1.29 is 4.39 Å². The lowest BCUT2D eigenvalue weighted by molar-refractivity contribution is 0.613. The van der Waals surface area contributed by atoms with Gasteiger partial charge in [-0.2, -0.15) is 0 Å². The Hall–Kier alpha value is -1.19. The van der Waals surface area contributed by atoms with Crippen molar-refractivity contribution in [3.05, 3.63) is 69.4 Å². The third-order valence-corrected chi connectivity index (χ3v) is 3.32. The van der Waals surface area contributed by atoms with Crippen molar-refractivity contribution in [2.75, 3.05) is 6.54 Å². The average molecular weight is 308 g/mol. The lowest BCUT2D eigenvalue weighted by Crippen LogP contribution is -2.03. The highest BCUT2D eigenvalue weighted by Gasteiger charge is 2.04. The monoisotopic (exact) mass is 307 g/mol. The molecule has 0 fully saturated rings. The summed E-state index contributed by atoms with van der Waals surface area (Å²) in [6.45, 7) is 0.634. The maximum Gasteiger partial charge on any atom is 0.126 e. The first-order valence-corrected chi connectivity index (χ1v) is 6.70. The van der Waals surface area contributed by atoms with Gasteiger partial charge in [-0.3, -0.25) is 0 Å². The predicted octanol–water partition coefficient (Wildman–Crippen LogP) is 3.68. The van der Waals surface area contributed by atoms with Gasteiger partial charge in [0.1, 0.15) is 5.82 Å². The predicted molar refractivity (Wildman–Crippen MR) is 76.1 cm³/mol. The molecule has 0 aromatic heterocycles. The fourth-order valence-electron chi connectivity index (χ4n) is 1.96. The molecule has 2 aromatic carbocycles. The first-order chi connectivity index (χ1) is 8.69. The molecule has 2 rings (SSSR count). The minimum Gasteiger partial charge on any atom is -0.330 e. The Morgan fingerprint density at radius 1 is 1.06 bits per heavy atom. The lowest BCUT2D eigenvalue weighted by atomic mass is 10.0. The summed E-state index contributed by atoms with van der Waals surface area (Å²) in [6.07, 6.45) is 1.46. The SMILES string of the molecule is NCCc1cccc(Cc2cc(Br)ccc2F)c1. The molecule has 0 amide bonds. The maximum atomic E-state index is 13.7. The van der Waals surface area contributed by atoms with E-state index in [4.69, 9.17) is 5.73 Å². The summed E-state index contributed by atoms with van der Waals surface area (Å²) in [6, 6.07) is 13.2. The van der Waals surface area contributed by atoms with Crippen molar-refractivity contribution >= 4 is 15.9 Å². The lowest BCUT2D eigenvalue weighted by Gasteiger charge is -2.06. The Morgan fingerprint density at radius 2 is 1.83 bits per heavy atom. The second-order valence-electron chi connectivity index (χ2n) is 4.27. The molecule has 0 saturated carbocycles. The fourth-order valence-corrected chi connectivity index (χ4v) is 2.37. The van der Waals surface area contributed by atoms with Gasteiger partial charge in [0.25, 0.3) is 0 Å². The van der Waals surface area contributed by atoms with Crippen LogP contribution in [-0.4, -0.2) is 6.54 Å². The van der Waals surface area contributed by atoms with Crippen molar-refractivity contribution in [2.45, 2.75) is 12.8 Å². The first-order valence-electron chi connectivity index (χ1n) is 5.91. The molecule has 0 aliphatic heterocycles. The molecule has 18 heavy (non-hydrogen) atoms. The van der Waals surface area contributed by atoms with E-state index in [0.717, 1.165) is 16.5 Å². The Balaban J connectivity index is 2.22. The van der Waals surface area contributed by atoms with Gasteiger partial charge in [0.2, 0.25) is 0 Å². The zero-order valence-corrected chi connectivity index (χ0v) is 11.6. The second-order valence-corrected chi connectivity index (χ2v) is 5.19. The van der Waals surface area contributed by atoms with E-state index in [1.807, 2.05) is 24.3 Å². The third-order valence-electron chi connectivity index (χ3n) is 2.83. The zero-order chi connectivity index (χ0) is 13.0. The van der Waals surface area contributed by atoms with Crippen LogP contribution in [0.2, 0.25) is 0 Å². The van der Waals surface area contributed by atoms with Crippen LogP contribution in [0, 0.1) is 5.82 Å². The summed E-state index contributed by atoms with van der Waals surface area (Å²) in [7, 11) is 0. The van der Waals surface area contributed by atoms with Gasteiger partial charge in [0.05, 0.1) is 0 Å². The normalized spacial score (nSPS) is 10.6. The van der Waals surface area contributed by atoms with E-state index in [1.54, 1.807) is 6.07 Å². The van der Waals surface area contributed by atoms with Gasteiger partial charge in [-0.1, -0.05) is 40.2 Å². The van der Waals surface area contributed by atoms with Crippen LogP contribution in [-0.2, 0) is 12.8 Å². The number of hydrogen-bond acceptors (Lipinski definition) is 1. The highest BCUT2D eigenvalue weighted by atomic mass is 79.9. The minimum absolute atomic E-state index is 0.164. The smallest absolute Gasteiger partial charge is 0.126 e. The van der Waals surface area contributed by atoms with Crippen LogP contribution in [0.25, 0.3) is 0 Å². The maximum absolute atomic E-state index is 13.7. The molecule has 0 spiro atoms. The van der Waals surface area contributed by atoms with Gasteiger partial charge < -0.3 is 5.73 Å². The Morgan fingerprint density at radius 3 is 2.61 bits per heavy atom. The van der Waals surface area contributed by atoms with Gasteiger partial charge >= 0.3 is 0 Å². The summed E-state index contributed by atoms with van der Waals surface area (Å²) in [5.74, 6) is -0.164. The molecule has 0 radical (unpaired) electrons. The number of nitrogens with two attached hydrogens (primary N) is 1. The quantitative estimate of drug-likeness (QED) is 0.916. The van der Waals surface area contributed by atoms with Gasteiger partial charge in [-0.05, 0) is 47.9 Å².